The molecular weight excluding hydrogens is 325 g/mol. The van der Waals surface area contributed by atoms with Crippen LogP contribution in [0.15, 0.2) is 12.1 Å². The van der Waals surface area contributed by atoms with E-state index in [9.17, 15) is 18.3 Å². The van der Waals surface area contributed by atoms with Gasteiger partial charge in [0.15, 0.2) is 17.5 Å². The minimum atomic E-state index is -1.47. The first-order chi connectivity index (χ1) is 11.9. The second-order valence-corrected chi connectivity index (χ2v) is 8.19. The molecule has 0 atom stereocenters. The lowest BCUT2D eigenvalue weighted by Gasteiger charge is -2.41. The second kappa shape index (κ2) is 7.69. The Bertz CT molecular complexity index is 562. The van der Waals surface area contributed by atoms with Crippen LogP contribution >= 0.6 is 0 Å². The van der Waals surface area contributed by atoms with Gasteiger partial charge in [0.2, 0.25) is 0 Å². The second-order valence-electron chi connectivity index (χ2n) is 8.19. The van der Waals surface area contributed by atoms with Gasteiger partial charge >= 0.3 is 0 Å². The molecule has 1 aromatic rings. The zero-order chi connectivity index (χ0) is 18.0. The lowest BCUT2D eigenvalue weighted by Crippen LogP contribution is -2.35. The summed E-state index contributed by atoms with van der Waals surface area (Å²) in [4.78, 5) is 0. The normalized spacial score (nSPS) is 33.4. The van der Waals surface area contributed by atoms with E-state index in [0.29, 0.717) is 18.8 Å². The maximum atomic E-state index is 13.5. The van der Waals surface area contributed by atoms with Crippen molar-refractivity contribution in [2.24, 2.45) is 17.8 Å². The van der Waals surface area contributed by atoms with Crippen molar-refractivity contribution in [1.82, 2.24) is 0 Å². The highest BCUT2D eigenvalue weighted by atomic mass is 19.2. The van der Waals surface area contributed by atoms with E-state index in [1.165, 1.54) is 38.5 Å². The van der Waals surface area contributed by atoms with Gasteiger partial charge in [-0.2, -0.15) is 0 Å². The average molecular weight is 354 g/mol. The Balaban J connectivity index is 1.60. The van der Waals surface area contributed by atoms with Gasteiger partial charge in [0.1, 0.15) is 0 Å². The van der Waals surface area contributed by atoms with Crippen LogP contribution in [0.25, 0.3) is 0 Å². The van der Waals surface area contributed by atoms with Gasteiger partial charge in [0.05, 0.1) is 5.60 Å². The third kappa shape index (κ3) is 4.05. The molecule has 140 valence electrons. The fraction of sp³-hybridized carbons (Fsp3) is 0.714. The van der Waals surface area contributed by atoms with Gasteiger partial charge in [0, 0.05) is 0 Å². The van der Waals surface area contributed by atoms with Crippen LogP contribution in [0.4, 0.5) is 13.2 Å². The van der Waals surface area contributed by atoms with E-state index in [1.807, 2.05) is 0 Å². The third-order valence-corrected chi connectivity index (χ3v) is 6.63. The zero-order valence-corrected chi connectivity index (χ0v) is 15.0. The molecule has 2 fully saturated rings. The van der Waals surface area contributed by atoms with Crippen LogP contribution in [0.2, 0.25) is 0 Å². The van der Waals surface area contributed by atoms with Crippen molar-refractivity contribution in [3.8, 4) is 0 Å². The Morgan fingerprint density at radius 2 is 1.44 bits per heavy atom. The Morgan fingerprint density at radius 3 is 1.96 bits per heavy atom. The summed E-state index contributed by atoms with van der Waals surface area (Å²) in [7, 11) is 0. The van der Waals surface area contributed by atoms with E-state index >= 15 is 0 Å². The van der Waals surface area contributed by atoms with Crippen LogP contribution in [-0.4, -0.2) is 5.11 Å². The Hall–Kier alpha value is -1.03. The lowest BCUT2D eigenvalue weighted by atomic mass is 9.66. The molecule has 0 spiro atoms. The molecule has 3 rings (SSSR count). The van der Waals surface area contributed by atoms with Gasteiger partial charge in [-0.3, -0.25) is 0 Å². The minimum Gasteiger partial charge on any atom is -0.385 e. The Kier molecular flexibility index (Phi) is 5.77. The molecule has 4 heteroatoms. The number of hydrogen-bond donors (Lipinski definition) is 1. The lowest BCUT2D eigenvalue weighted by molar-refractivity contribution is -0.0265. The van der Waals surface area contributed by atoms with E-state index < -0.39 is 23.1 Å². The number of halogens is 3. The molecule has 0 unspecified atom stereocenters. The smallest absolute Gasteiger partial charge is 0.194 e. The fourth-order valence-electron chi connectivity index (χ4n) is 5.06. The maximum absolute atomic E-state index is 13.5. The Labute approximate surface area is 148 Å². The van der Waals surface area contributed by atoms with Gasteiger partial charge in [-0.1, -0.05) is 32.6 Å². The van der Waals surface area contributed by atoms with Crippen LogP contribution in [-0.2, 0) is 5.60 Å². The van der Waals surface area contributed by atoms with Gasteiger partial charge < -0.3 is 5.11 Å². The fourth-order valence-corrected chi connectivity index (χ4v) is 5.06. The van der Waals surface area contributed by atoms with E-state index in [2.05, 4.69) is 6.92 Å². The van der Waals surface area contributed by atoms with E-state index in [0.717, 1.165) is 36.8 Å². The van der Waals surface area contributed by atoms with Gasteiger partial charge in [-0.05, 0) is 74.0 Å². The molecule has 1 aromatic carbocycles. The largest absolute Gasteiger partial charge is 0.385 e. The van der Waals surface area contributed by atoms with Crippen molar-refractivity contribution in [2.45, 2.75) is 76.7 Å². The number of hydrogen-bond acceptors (Lipinski definition) is 1. The molecule has 2 saturated carbocycles. The summed E-state index contributed by atoms with van der Waals surface area (Å²) in [5.74, 6) is -1.71. The molecule has 0 saturated heterocycles. The third-order valence-electron chi connectivity index (χ3n) is 6.63. The van der Waals surface area contributed by atoms with Crippen LogP contribution in [0, 0.1) is 35.2 Å². The van der Waals surface area contributed by atoms with Gasteiger partial charge in [-0.15, -0.1) is 0 Å². The quantitative estimate of drug-likeness (QED) is 0.649. The molecule has 1 N–H and O–H groups in total. The summed E-state index contributed by atoms with van der Waals surface area (Å²) in [5.41, 5.74) is -1.06. The molecule has 0 bridgehead atoms. The summed E-state index contributed by atoms with van der Waals surface area (Å²) in [6.45, 7) is 2.25. The molecule has 1 nitrogen and oxygen atoms in total. The number of rotatable bonds is 4. The Morgan fingerprint density at radius 1 is 0.920 bits per heavy atom. The summed E-state index contributed by atoms with van der Waals surface area (Å²) >= 11 is 0. The van der Waals surface area contributed by atoms with E-state index in [-0.39, 0.29) is 5.56 Å². The highest BCUT2D eigenvalue weighted by Gasteiger charge is 2.39. The molecule has 0 aromatic heterocycles. The van der Waals surface area contributed by atoms with E-state index in [4.69, 9.17) is 0 Å². The van der Waals surface area contributed by atoms with Crippen LogP contribution in [0.1, 0.15) is 76.7 Å². The van der Waals surface area contributed by atoms with Gasteiger partial charge in [-0.25, -0.2) is 13.2 Å². The molecule has 2 aliphatic rings. The van der Waals surface area contributed by atoms with Crippen molar-refractivity contribution >= 4 is 0 Å². The molecule has 2 aliphatic carbocycles. The summed E-state index contributed by atoms with van der Waals surface area (Å²) < 4.78 is 40.2. The first kappa shape index (κ1) is 18.8. The van der Waals surface area contributed by atoms with Crippen LogP contribution < -0.4 is 0 Å². The number of benzene rings is 1. The minimum absolute atomic E-state index is 0.175. The molecule has 0 aliphatic heterocycles. The molecule has 0 radical (unpaired) electrons. The molecule has 0 amide bonds. The number of aliphatic hydroxyl groups is 1. The highest BCUT2D eigenvalue weighted by molar-refractivity contribution is 5.26. The SMILES string of the molecule is CCCC1CCC(C2CCC(O)(c3cc(F)c(F)c(F)c3)CC2)CC1. The summed E-state index contributed by atoms with van der Waals surface area (Å²) in [6, 6.07) is 1.91. The topological polar surface area (TPSA) is 20.2 Å². The van der Waals surface area contributed by atoms with Crippen molar-refractivity contribution in [2.75, 3.05) is 0 Å². The molecule has 0 heterocycles. The van der Waals surface area contributed by atoms with Crippen molar-refractivity contribution in [1.29, 1.82) is 0 Å². The predicted molar refractivity (Wildman–Crippen MR) is 92.5 cm³/mol. The first-order valence-electron chi connectivity index (χ1n) is 9.80. The average Bonchev–Trinajstić information content (AvgIpc) is 2.61. The zero-order valence-electron chi connectivity index (χ0n) is 15.0. The van der Waals surface area contributed by atoms with E-state index in [1.54, 1.807) is 0 Å². The predicted octanol–water partition coefficient (Wildman–Crippen LogP) is 6.09. The van der Waals surface area contributed by atoms with Gasteiger partial charge in [0.25, 0.3) is 0 Å². The first-order valence-corrected chi connectivity index (χ1v) is 9.80. The maximum Gasteiger partial charge on any atom is 0.194 e. The molecular formula is C21H29F3O. The summed E-state index contributed by atoms with van der Waals surface area (Å²) in [6.07, 6.45) is 10.5. The standard InChI is InChI=1S/C21H29F3O/c1-2-3-14-4-6-15(7-5-14)16-8-10-21(25,11-9-16)17-12-18(22)20(24)19(23)13-17/h12-16,25H,2-11H2,1H3. The van der Waals surface area contributed by atoms with Crippen molar-refractivity contribution in [3.63, 3.8) is 0 Å². The summed E-state index contributed by atoms with van der Waals surface area (Å²) in [5, 5.41) is 10.9. The van der Waals surface area contributed by atoms with Crippen LogP contribution in [0.3, 0.4) is 0 Å². The van der Waals surface area contributed by atoms with Crippen molar-refractivity contribution in [3.05, 3.63) is 35.1 Å². The highest BCUT2D eigenvalue weighted by Crippen LogP contribution is 2.46. The molecule has 25 heavy (non-hydrogen) atoms. The van der Waals surface area contributed by atoms with Crippen LogP contribution in [0.5, 0.6) is 0 Å². The van der Waals surface area contributed by atoms with Crippen molar-refractivity contribution < 1.29 is 18.3 Å². The monoisotopic (exact) mass is 354 g/mol.